The fraction of sp³-hybridized carbons (Fsp3) is 0.442. The topological polar surface area (TPSA) is 121 Å². The zero-order chi connectivity index (χ0) is 40.5. The summed E-state index contributed by atoms with van der Waals surface area (Å²) in [6.07, 6.45) is 3.33. The van der Waals surface area contributed by atoms with E-state index in [1.807, 2.05) is 40.1 Å². The number of halogens is 2. The lowest BCUT2D eigenvalue weighted by molar-refractivity contribution is -0.136. The van der Waals surface area contributed by atoms with Gasteiger partial charge in [-0.05, 0) is 86.6 Å². The first kappa shape index (κ1) is 38.0. The second-order valence-corrected chi connectivity index (χ2v) is 17.1. The molecule has 3 aromatic carbocycles. The van der Waals surface area contributed by atoms with Crippen LogP contribution in [0.25, 0.3) is 4.85 Å². The maximum atomic E-state index is 15.4. The molecule has 5 saturated heterocycles. The van der Waals surface area contributed by atoms with Crippen molar-refractivity contribution in [2.75, 3.05) is 73.6 Å². The van der Waals surface area contributed by atoms with E-state index in [9.17, 15) is 24.0 Å². The molecule has 0 aliphatic carbocycles. The van der Waals surface area contributed by atoms with Gasteiger partial charge in [-0.3, -0.25) is 39.1 Å². The van der Waals surface area contributed by atoms with Crippen molar-refractivity contribution in [1.29, 1.82) is 0 Å². The highest BCUT2D eigenvalue weighted by Gasteiger charge is 2.47. The molecule has 58 heavy (non-hydrogen) atoms. The zero-order valence-electron chi connectivity index (χ0n) is 32.3. The Balaban J connectivity index is 0.750. The SMILES string of the molecule is [C-]#[N+]c1ccc(N2CC3(CCN(c4ccc(C(=O)N5CCN(C6CN(c7cc8c(cc7F)C(=O)N(C7CCC(=O)NC7=O)C8=O)C6)CC5)cc4)CC3)CC2C)cc1Cl. The molecule has 1 N–H and O–H groups in total. The maximum Gasteiger partial charge on any atom is 0.262 e. The molecule has 0 saturated carbocycles. The Hall–Kier alpha value is -5.52. The van der Waals surface area contributed by atoms with Crippen molar-refractivity contribution in [3.8, 4) is 0 Å². The molecule has 2 atom stereocenters. The van der Waals surface area contributed by atoms with Gasteiger partial charge in [0.15, 0.2) is 0 Å². The summed E-state index contributed by atoms with van der Waals surface area (Å²) in [7, 11) is 0. The summed E-state index contributed by atoms with van der Waals surface area (Å²) in [4.78, 5) is 79.2. The Labute approximate surface area is 341 Å². The van der Waals surface area contributed by atoms with Crippen LogP contribution in [-0.2, 0) is 9.59 Å². The van der Waals surface area contributed by atoms with Crippen molar-refractivity contribution >= 4 is 63.9 Å². The van der Waals surface area contributed by atoms with Crippen molar-refractivity contribution in [3.05, 3.63) is 93.5 Å². The van der Waals surface area contributed by atoms with Crippen molar-refractivity contribution < 1.29 is 28.4 Å². The molecule has 6 aliphatic rings. The van der Waals surface area contributed by atoms with Crippen LogP contribution in [0.3, 0.4) is 0 Å². The van der Waals surface area contributed by atoms with Gasteiger partial charge >= 0.3 is 0 Å². The number of nitrogens with one attached hydrogen (secondary N) is 1. The summed E-state index contributed by atoms with van der Waals surface area (Å²) in [5.74, 6) is -3.17. The molecule has 2 unspecified atom stereocenters. The summed E-state index contributed by atoms with van der Waals surface area (Å²) in [5.41, 5.74) is 3.79. The van der Waals surface area contributed by atoms with Crippen molar-refractivity contribution in [3.63, 3.8) is 0 Å². The fourth-order valence-corrected chi connectivity index (χ4v) is 10.1. The van der Waals surface area contributed by atoms with Gasteiger partial charge in [0.05, 0.1) is 23.4 Å². The third-order valence-corrected chi connectivity index (χ3v) is 13.6. The summed E-state index contributed by atoms with van der Waals surface area (Å²) in [6.45, 7) is 16.1. The zero-order valence-corrected chi connectivity index (χ0v) is 33.0. The van der Waals surface area contributed by atoms with Gasteiger partial charge in [0.25, 0.3) is 17.7 Å². The van der Waals surface area contributed by atoms with E-state index in [0.717, 1.165) is 61.2 Å². The van der Waals surface area contributed by atoms with Gasteiger partial charge in [-0.15, -0.1) is 0 Å². The van der Waals surface area contributed by atoms with Crippen LogP contribution >= 0.6 is 11.6 Å². The van der Waals surface area contributed by atoms with Gasteiger partial charge in [0.2, 0.25) is 17.5 Å². The number of piperidine rings is 2. The number of hydrogen-bond donors (Lipinski definition) is 1. The van der Waals surface area contributed by atoms with E-state index in [2.05, 4.69) is 43.9 Å². The number of nitrogens with zero attached hydrogens (tertiary/aromatic N) is 7. The molecular formula is C43H44ClFN8O5. The average molecular weight is 807 g/mol. The molecule has 5 amide bonds. The summed E-state index contributed by atoms with van der Waals surface area (Å²) in [5, 5.41) is 2.67. The van der Waals surface area contributed by atoms with Crippen LogP contribution in [0.2, 0.25) is 5.02 Å². The Kier molecular flexibility index (Phi) is 9.63. The predicted octanol–water partition coefficient (Wildman–Crippen LogP) is 4.96. The lowest BCUT2D eigenvalue weighted by atomic mass is 9.76. The van der Waals surface area contributed by atoms with Crippen molar-refractivity contribution in [2.24, 2.45) is 5.41 Å². The summed E-state index contributed by atoms with van der Waals surface area (Å²) in [6, 6.07) is 15.6. The maximum absolute atomic E-state index is 15.4. The normalized spacial score (nSPS) is 23.7. The number of fused-ring (bicyclic) bond motifs is 1. The molecule has 0 aromatic heterocycles. The second-order valence-electron chi connectivity index (χ2n) is 16.6. The molecule has 1 spiro atoms. The first-order chi connectivity index (χ1) is 27.9. The smallest absolute Gasteiger partial charge is 0.262 e. The van der Waals surface area contributed by atoms with Gasteiger partial charge in [-0.2, -0.15) is 0 Å². The molecule has 6 heterocycles. The molecule has 0 radical (unpaired) electrons. The predicted molar refractivity (Wildman–Crippen MR) is 216 cm³/mol. The van der Waals surface area contributed by atoms with Gasteiger partial charge < -0.3 is 19.6 Å². The van der Waals surface area contributed by atoms with Crippen molar-refractivity contribution in [1.82, 2.24) is 20.0 Å². The molecule has 6 aliphatic heterocycles. The summed E-state index contributed by atoms with van der Waals surface area (Å²) >= 11 is 6.38. The number of rotatable bonds is 6. The van der Waals surface area contributed by atoms with E-state index >= 15 is 4.39 Å². The molecule has 9 rings (SSSR count). The largest absolute Gasteiger partial charge is 0.371 e. The van der Waals surface area contributed by atoms with E-state index in [4.69, 9.17) is 18.2 Å². The van der Waals surface area contributed by atoms with Gasteiger partial charge in [-0.25, -0.2) is 9.24 Å². The monoisotopic (exact) mass is 806 g/mol. The number of carbonyl (C=O) groups is 5. The number of piperazine rings is 1. The first-order valence-electron chi connectivity index (χ1n) is 20.0. The van der Waals surface area contributed by atoms with Crippen LogP contribution in [0.15, 0.2) is 54.6 Å². The molecule has 300 valence electrons. The quantitative estimate of drug-likeness (QED) is 0.272. The van der Waals surface area contributed by atoms with E-state index in [-0.39, 0.29) is 47.0 Å². The highest BCUT2D eigenvalue weighted by Crippen LogP contribution is 2.46. The third-order valence-electron chi connectivity index (χ3n) is 13.3. The first-order valence-corrected chi connectivity index (χ1v) is 20.4. The number of hydrogen-bond acceptors (Lipinski definition) is 9. The van der Waals surface area contributed by atoms with Crippen LogP contribution < -0.4 is 20.0 Å². The highest BCUT2D eigenvalue weighted by molar-refractivity contribution is 6.33. The fourth-order valence-electron chi connectivity index (χ4n) is 9.92. The van der Waals surface area contributed by atoms with Gasteiger partial charge in [0, 0.05) is 99.4 Å². The van der Waals surface area contributed by atoms with Crippen LogP contribution in [-0.4, -0.2) is 121 Å². The van der Waals surface area contributed by atoms with Crippen LogP contribution in [0, 0.1) is 17.8 Å². The van der Waals surface area contributed by atoms with Gasteiger partial charge in [0.1, 0.15) is 11.9 Å². The standard InChI is InChI=1S/C43H44ClFN8O5/c1-26-22-43(25-52(26)29-7-8-35(46-2)33(44)19-29)11-13-48(14-12-43)28-5-3-27(4-6-28)40(56)50-17-15-49(16-18-50)30-23-51(24-30)37-21-32-31(20-34(37)45)41(57)53(42(32)58)36-9-10-38(54)47-39(36)55/h3-8,19-21,26,30,36H,9-18,22-25H2,1H3,(H,47,54,55). The molecular weight excluding hydrogens is 763 g/mol. The molecule has 5 fully saturated rings. The highest BCUT2D eigenvalue weighted by atomic mass is 35.5. The van der Waals surface area contributed by atoms with Crippen LogP contribution in [0.4, 0.5) is 27.1 Å². The number of imide groups is 2. The Morgan fingerprint density at radius 3 is 2.21 bits per heavy atom. The number of anilines is 3. The molecule has 3 aromatic rings. The molecule has 13 nitrogen and oxygen atoms in total. The minimum Gasteiger partial charge on any atom is -0.371 e. The lowest BCUT2D eigenvalue weighted by Crippen LogP contribution is -2.63. The minimum atomic E-state index is -1.11. The van der Waals surface area contributed by atoms with Crippen LogP contribution in [0.1, 0.15) is 70.1 Å². The minimum absolute atomic E-state index is 0.00868. The van der Waals surface area contributed by atoms with Gasteiger partial charge in [-0.1, -0.05) is 17.7 Å². The number of benzene rings is 3. The average Bonchev–Trinajstić information content (AvgIpc) is 3.65. The van der Waals surface area contributed by atoms with E-state index < -0.39 is 35.5 Å². The Morgan fingerprint density at radius 2 is 1.55 bits per heavy atom. The van der Waals surface area contributed by atoms with Crippen molar-refractivity contribution in [2.45, 2.75) is 57.2 Å². The van der Waals surface area contributed by atoms with E-state index in [0.29, 0.717) is 61.6 Å². The summed E-state index contributed by atoms with van der Waals surface area (Å²) < 4.78 is 15.4. The third kappa shape index (κ3) is 6.63. The van der Waals surface area contributed by atoms with Crippen LogP contribution in [0.5, 0.6) is 0 Å². The Morgan fingerprint density at radius 1 is 0.879 bits per heavy atom. The Bertz CT molecular complexity index is 2260. The second kappa shape index (κ2) is 14.7. The molecule has 0 bridgehead atoms. The number of amides is 5. The molecule has 15 heteroatoms. The lowest BCUT2D eigenvalue weighted by Gasteiger charge is -2.49. The van der Waals surface area contributed by atoms with E-state index in [1.165, 1.54) is 6.07 Å². The van der Waals surface area contributed by atoms with E-state index in [1.54, 1.807) is 0 Å². The number of carbonyl (C=O) groups excluding carboxylic acids is 5.